The summed E-state index contributed by atoms with van der Waals surface area (Å²) in [6.45, 7) is 0. The van der Waals surface area contributed by atoms with Crippen LogP contribution in [0.3, 0.4) is 0 Å². The van der Waals surface area contributed by atoms with Crippen LogP contribution in [0.15, 0.2) is 72.8 Å². The number of rotatable bonds is 6. The van der Waals surface area contributed by atoms with Crippen molar-refractivity contribution in [2.24, 2.45) is 0 Å². The van der Waals surface area contributed by atoms with Gasteiger partial charge < -0.3 is 18.9 Å². The van der Waals surface area contributed by atoms with Gasteiger partial charge in [0.1, 0.15) is 5.75 Å². The second kappa shape index (κ2) is 8.75. The number of esters is 1. The molecule has 0 radical (unpaired) electrons. The van der Waals surface area contributed by atoms with Crippen molar-refractivity contribution in [2.75, 3.05) is 21.3 Å². The molecule has 0 saturated carbocycles. The number of pyridine rings is 1. The number of para-hydroxylation sites is 2. The Morgan fingerprint density at radius 1 is 0.774 bits per heavy atom. The Hall–Kier alpha value is -4.06. The molecule has 6 nitrogen and oxygen atoms in total. The average molecular weight is 415 g/mol. The molecule has 0 bridgehead atoms. The van der Waals surface area contributed by atoms with E-state index in [9.17, 15) is 4.79 Å². The van der Waals surface area contributed by atoms with Gasteiger partial charge in [-0.05, 0) is 48.5 Å². The SMILES string of the molecule is COc1ccc(-c2cc(C(=O)Oc3c(OC)cccc3OC)c3ccccc3n2)cc1. The highest BCUT2D eigenvalue weighted by atomic mass is 16.6. The molecular weight excluding hydrogens is 394 g/mol. The Balaban J connectivity index is 1.80. The number of ether oxygens (including phenoxy) is 4. The third-order valence-corrected chi connectivity index (χ3v) is 4.90. The molecule has 4 aromatic rings. The van der Waals surface area contributed by atoms with E-state index >= 15 is 0 Å². The van der Waals surface area contributed by atoms with Crippen LogP contribution >= 0.6 is 0 Å². The average Bonchev–Trinajstić information content (AvgIpc) is 2.83. The monoisotopic (exact) mass is 415 g/mol. The first-order chi connectivity index (χ1) is 15.1. The summed E-state index contributed by atoms with van der Waals surface area (Å²) in [6.07, 6.45) is 0. The van der Waals surface area contributed by atoms with Gasteiger partial charge in [-0.25, -0.2) is 9.78 Å². The van der Waals surface area contributed by atoms with Crippen LogP contribution in [0.4, 0.5) is 0 Å². The molecule has 0 spiro atoms. The van der Waals surface area contributed by atoms with E-state index in [4.69, 9.17) is 23.9 Å². The van der Waals surface area contributed by atoms with Crippen LogP contribution in [0.2, 0.25) is 0 Å². The number of carbonyl (C=O) groups is 1. The summed E-state index contributed by atoms with van der Waals surface area (Å²) in [6, 6.07) is 21.8. The van der Waals surface area contributed by atoms with E-state index in [1.165, 1.54) is 14.2 Å². The van der Waals surface area contributed by atoms with Crippen molar-refractivity contribution in [1.82, 2.24) is 4.98 Å². The molecule has 0 atom stereocenters. The number of fused-ring (bicyclic) bond motifs is 1. The summed E-state index contributed by atoms with van der Waals surface area (Å²) in [5.74, 6) is 1.25. The van der Waals surface area contributed by atoms with Gasteiger partial charge in [0, 0.05) is 10.9 Å². The fourth-order valence-corrected chi connectivity index (χ4v) is 3.32. The highest BCUT2D eigenvalue weighted by Crippen LogP contribution is 2.38. The zero-order chi connectivity index (χ0) is 21.8. The Morgan fingerprint density at radius 3 is 2.10 bits per heavy atom. The lowest BCUT2D eigenvalue weighted by molar-refractivity contribution is 0.0726. The molecule has 4 rings (SSSR count). The van der Waals surface area contributed by atoms with Crippen molar-refractivity contribution < 1.29 is 23.7 Å². The summed E-state index contributed by atoms with van der Waals surface area (Å²) < 4.78 is 21.7. The zero-order valence-electron chi connectivity index (χ0n) is 17.4. The zero-order valence-corrected chi connectivity index (χ0v) is 17.4. The standard InChI is InChI=1S/C25H21NO5/c1-28-17-13-11-16(12-14-17)21-15-19(18-7-4-5-8-20(18)26-21)25(27)31-24-22(29-2)9-6-10-23(24)30-3/h4-15H,1-3H3. The Labute approximate surface area is 180 Å². The number of aromatic nitrogens is 1. The molecule has 1 heterocycles. The molecule has 156 valence electrons. The van der Waals surface area contributed by atoms with Crippen molar-refractivity contribution >= 4 is 16.9 Å². The maximum atomic E-state index is 13.3. The van der Waals surface area contributed by atoms with Gasteiger partial charge in [-0.3, -0.25) is 0 Å². The Kier molecular flexibility index (Phi) is 5.71. The van der Waals surface area contributed by atoms with E-state index in [-0.39, 0.29) is 5.75 Å². The van der Waals surface area contributed by atoms with Crippen LogP contribution < -0.4 is 18.9 Å². The molecule has 0 aliphatic rings. The van der Waals surface area contributed by atoms with Crippen LogP contribution in [-0.2, 0) is 0 Å². The molecule has 1 aromatic heterocycles. The van der Waals surface area contributed by atoms with Crippen molar-refractivity contribution in [3.8, 4) is 34.3 Å². The van der Waals surface area contributed by atoms with Gasteiger partial charge in [-0.2, -0.15) is 0 Å². The van der Waals surface area contributed by atoms with Crippen molar-refractivity contribution in [2.45, 2.75) is 0 Å². The van der Waals surface area contributed by atoms with E-state index < -0.39 is 5.97 Å². The van der Waals surface area contributed by atoms with E-state index in [2.05, 4.69) is 0 Å². The van der Waals surface area contributed by atoms with Gasteiger partial charge >= 0.3 is 5.97 Å². The Morgan fingerprint density at radius 2 is 1.45 bits per heavy atom. The fraction of sp³-hybridized carbons (Fsp3) is 0.120. The smallest absolute Gasteiger partial charge is 0.344 e. The molecular formula is C25H21NO5. The van der Waals surface area contributed by atoms with E-state index in [1.807, 2.05) is 48.5 Å². The lowest BCUT2D eigenvalue weighted by Crippen LogP contribution is -2.11. The van der Waals surface area contributed by atoms with E-state index in [1.54, 1.807) is 31.4 Å². The summed E-state index contributed by atoms with van der Waals surface area (Å²) >= 11 is 0. The molecule has 31 heavy (non-hydrogen) atoms. The predicted molar refractivity (Wildman–Crippen MR) is 118 cm³/mol. The lowest BCUT2D eigenvalue weighted by atomic mass is 10.0. The highest BCUT2D eigenvalue weighted by molar-refractivity contribution is 6.05. The fourth-order valence-electron chi connectivity index (χ4n) is 3.32. The normalized spacial score (nSPS) is 10.5. The lowest BCUT2D eigenvalue weighted by Gasteiger charge is -2.14. The first-order valence-electron chi connectivity index (χ1n) is 9.62. The van der Waals surface area contributed by atoms with Crippen LogP contribution in [0.25, 0.3) is 22.2 Å². The summed E-state index contributed by atoms with van der Waals surface area (Å²) in [7, 11) is 4.63. The second-order valence-electron chi connectivity index (χ2n) is 6.68. The molecule has 0 aliphatic heterocycles. The molecule has 0 fully saturated rings. The maximum absolute atomic E-state index is 13.3. The number of carbonyl (C=O) groups excluding carboxylic acids is 1. The molecule has 0 aliphatic carbocycles. The minimum Gasteiger partial charge on any atom is -0.497 e. The van der Waals surface area contributed by atoms with Crippen molar-refractivity contribution in [1.29, 1.82) is 0 Å². The third-order valence-electron chi connectivity index (χ3n) is 4.90. The van der Waals surface area contributed by atoms with Gasteiger partial charge in [0.15, 0.2) is 11.5 Å². The van der Waals surface area contributed by atoms with Gasteiger partial charge in [-0.15, -0.1) is 0 Å². The molecule has 0 unspecified atom stereocenters. The Bertz CT molecular complexity index is 1210. The number of hydrogen-bond donors (Lipinski definition) is 0. The molecule has 3 aromatic carbocycles. The van der Waals surface area contributed by atoms with Gasteiger partial charge in [0.2, 0.25) is 5.75 Å². The van der Waals surface area contributed by atoms with Gasteiger partial charge in [0.25, 0.3) is 0 Å². The topological polar surface area (TPSA) is 66.9 Å². The van der Waals surface area contributed by atoms with Crippen molar-refractivity contribution in [3.05, 3.63) is 78.4 Å². The van der Waals surface area contributed by atoms with Crippen molar-refractivity contribution in [3.63, 3.8) is 0 Å². The van der Waals surface area contributed by atoms with E-state index in [0.29, 0.717) is 33.7 Å². The van der Waals surface area contributed by atoms with Gasteiger partial charge in [0.05, 0.1) is 38.1 Å². The minimum absolute atomic E-state index is 0.226. The third kappa shape index (κ3) is 4.00. The summed E-state index contributed by atoms with van der Waals surface area (Å²) in [4.78, 5) is 18.0. The molecule has 0 saturated heterocycles. The summed E-state index contributed by atoms with van der Waals surface area (Å²) in [5.41, 5.74) is 2.59. The predicted octanol–water partition coefficient (Wildman–Crippen LogP) is 5.15. The molecule has 0 N–H and O–H groups in total. The first kappa shape index (κ1) is 20.2. The summed E-state index contributed by atoms with van der Waals surface area (Å²) in [5, 5.41) is 0.693. The van der Waals surface area contributed by atoms with Crippen LogP contribution in [-0.4, -0.2) is 32.3 Å². The minimum atomic E-state index is -0.531. The highest BCUT2D eigenvalue weighted by Gasteiger charge is 2.20. The number of benzene rings is 3. The molecule has 0 amide bonds. The number of hydrogen-bond acceptors (Lipinski definition) is 6. The van der Waals surface area contributed by atoms with Crippen LogP contribution in [0.1, 0.15) is 10.4 Å². The number of methoxy groups -OCH3 is 3. The molecule has 6 heteroatoms. The van der Waals surface area contributed by atoms with Crippen LogP contribution in [0, 0.1) is 0 Å². The quantitative estimate of drug-likeness (QED) is 0.321. The van der Waals surface area contributed by atoms with E-state index in [0.717, 1.165) is 11.3 Å². The maximum Gasteiger partial charge on any atom is 0.344 e. The van der Waals surface area contributed by atoms with Gasteiger partial charge in [-0.1, -0.05) is 24.3 Å². The van der Waals surface area contributed by atoms with Crippen LogP contribution in [0.5, 0.6) is 23.0 Å². The largest absolute Gasteiger partial charge is 0.497 e. The first-order valence-corrected chi connectivity index (χ1v) is 9.62. The second-order valence-corrected chi connectivity index (χ2v) is 6.68. The number of nitrogens with zero attached hydrogens (tertiary/aromatic N) is 1.